The largest absolute Gasteiger partial charge is 0.432 e. The summed E-state index contributed by atoms with van der Waals surface area (Å²) in [5, 5.41) is 14.7. The predicted molar refractivity (Wildman–Crippen MR) is 126 cm³/mol. The second-order valence-corrected chi connectivity index (χ2v) is 10.9. The molecule has 2 heterocycles. The monoisotopic (exact) mass is 600 g/mol. The Morgan fingerprint density at radius 1 is 1.14 bits per heavy atom. The molecule has 1 aliphatic rings. The van der Waals surface area contributed by atoms with Crippen molar-refractivity contribution in [2.75, 3.05) is 0 Å². The minimum absolute atomic E-state index is 0.128. The molecule has 1 saturated carbocycles. The summed E-state index contributed by atoms with van der Waals surface area (Å²) in [6.45, 7) is -0.193. The minimum Gasteiger partial charge on any atom is -0.334 e. The van der Waals surface area contributed by atoms with Crippen LogP contribution in [0.2, 0.25) is 14.4 Å². The zero-order valence-corrected chi connectivity index (χ0v) is 21.4. The van der Waals surface area contributed by atoms with Gasteiger partial charge in [0.25, 0.3) is 17.5 Å². The number of hydrogen-bond donors (Lipinski definition) is 1. The van der Waals surface area contributed by atoms with Crippen LogP contribution in [0.4, 0.5) is 26.3 Å². The van der Waals surface area contributed by atoms with Crippen LogP contribution in [0.15, 0.2) is 30.6 Å². The zero-order chi connectivity index (χ0) is 27.6. The molecule has 1 atom stereocenters. The highest BCUT2D eigenvalue weighted by Gasteiger charge is 2.70. The first-order chi connectivity index (χ1) is 17.0. The molecule has 0 radical (unpaired) electrons. The van der Waals surface area contributed by atoms with Crippen LogP contribution in [0.3, 0.4) is 0 Å². The Labute approximate surface area is 224 Å². The molecule has 2 aromatic heterocycles. The van der Waals surface area contributed by atoms with E-state index in [-0.39, 0.29) is 22.5 Å². The second-order valence-electron chi connectivity index (χ2n) is 8.45. The van der Waals surface area contributed by atoms with E-state index in [0.717, 1.165) is 16.0 Å². The summed E-state index contributed by atoms with van der Waals surface area (Å²) < 4.78 is 83.7. The van der Waals surface area contributed by atoms with Crippen LogP contribution in [-0.4, -0.2) is 33.3 Å². The topological polar surface area (TPSA) is 70.7 Å². The number of amides is 1. The number of carbonyl (C=O) groups excluding carboxylic acids is 1. The van der Waals surface area contributed by atoms with Gasteiger partial charge in [-0.25, -0.2) is 17.9 Å². The molecule has 3 aromatic rings. The Balaban J connectivity index is 1.68. The Morgan fingerprint density at radius 2 is 1.73 bits per heavy atom. The van der Waals surface area contributed by atoms with Crippen molar-refractivity contribution in [1.82, 2.24) is 15.1 Å². The molecule has 1 N–H and O–H groups in total. The van der Waals surface area contributed by atoms with Gasteiger partial charge < -0.3 is 5.32 Å². The maximum atomic E-state index is 14.8. The van der Waals surface area contributed by atoms with Gasteiger partial charge in [0.05, 0.1) is 27.9 Å². The number of nitrogens with zero attached hydrogens (tertiary/aromatic N) is 3. The molecule has 37 heavy (non-hydrogen) atoms. The van der Waals surface area contributed by atoms with Crippen molar-refractivity contribution in [3.8, 4) is 22.2 Å². The van der Waals surface area contributed by atoms with E-state index < -0.39 is 44.8 Å². The molecule has 15 heteroatoms. The van der Waals surface area contributed by atoms with Crippen molar-refractivity contribution >= 4 is 52.0 Å². The van der Waals surface area contributed by atoms with E-state index in [1.807, 2.05) is 6.07 Å². The molecule has 1 fully saturated rings. The lowest BCUT2D eigenvalue weighted by atomic mass is 9.89. The van der Waals surface area contributed by atoms with Gasteiger partial charge in [0.2, 0.25) is 0 Å². The maximum absolute atomic E-state index is 14.8. The van der Waals surface area contributed by atoms with Crippen molar-refractivity contribution in [3.05, 3.63) is 56.1 Å². The van der Waals surface area contributed by atoms with Crippen LogP contribution in [-0.2, 0) is 5.67 Å². The first kappa shape index (κ1) is 27.6. The van der Waals surface area contributed by atoms with E-state index in [0.29, 0.717) is 35.4 Å². The molecule has 5 nitrogen and oxygen atoms in total. The number of aromatic nitrogens is 2. The van der Waals surface area contributed by atoms with E-state index in [1.54, 1.807) is 0 Å². The van der Waals surface area contributed by atoms with E-state index >= 15 is 0 Å². The van der Waals surface area contributed by atoms with Gasteiger partial charge in [0, 0.05) is 29.1 Å². The average Bonchev–Trinajstić information content (AvgIpc) is 3.19. The SMILES string of the molecule is CC(F)(F)C(F)(c1cc(Cl)c(-n2cc(-c3cc(C(=O)NC4(C#N)CC4)c(Cl)s3)cn2)c(Cl)c1)C(F)(F)F. The number of halogens is 9. The van der Waals surface area contributed by atoms with Crippen molar-refractivity contribution in [1.29, 1.82) is 5.26 Å². The van der Waals surface area contributed by atoms with Crippen LogP contribution in [0.5, 0.6) is 0 Å². The highest BCUT2D eigenvalue weighted by Crippen LogP contribution is 2.53. The second kappa shape index (κ2) is 9.08. The number of thiophene rings is 1. The van der Waals surface area contributed by atoms with Gasteiger partial charge in [-0.1, -0.05) is 34.8 Å². The standard InChI is InChI=1S/C22H13Cl3F6N4OS/c1-19(26,27)21(28,22(29,30)31)11-4-13(23)16(14(24)5-11)35-8-10(7-33-35)15-6-12(17(25)37-15)18(36)34-20(9-32)2-3-20/h4-8H,2-3H2,1H3,(H,34,36). The smallest absolute Gasteiger partial charge is 0.334 e. The van der Waals surface area contributed by atoms with Crippen molar-refractivity contribution in [2.24, 2.45) is 0 Å². The Hall–Kier alpha value is -2.46. The lowest BCUT2D eigenvalue weighted by Crippen LogP contribution is -2.51. The summed E-state index contributed by atoms with van der Waals surface area (Å²) >= 11 is 19.4. The Kier molecular flexibility index (Phi) is 6.77. The normalized spacial score (nSPS) is 16.7. The summed E-state index contributed by atoms with van der Waals surface area (Å²) in [5.74, 6) is -5.37. The summed E-state index contributed by atoms with van der Waals surface area (Å²) in [4.78, 5) is 13.0. The third kappa shape index (κ3) is 4.78. The fourth-order valence-electron chi connectivity index (χ4n) is 3.56. The lowest BCUT2D eigenvalue weighted by molar-refractivity contribution is -0.304. The average molecular weight is 602 g/mol. The van der Waals surface area contributed by atoms with Crippen LogP contribution in [0.1, 0.15) is 35.7 Å². The molecule has 1 amide bonds. The van der Waals surface area contributed by atoms with Crippen LogP contribution < -0.4 is 5.32 Å². The van der Waals surface area contributed by atoms with Gasteiger partial charge in [0.15, 0.2) is 0 Å². The zero-order valence-electron chi connectivity index (χ0n) is 18.4. The molecule has 1 aliphatic carbocycles. The summed E-state index contributed by atoms with van der Waals surface area (Å²) in [6, 6.07) is 4.34. The molecule has 196 valence electrons. The van der Waals surface area contributed by atoms with E-state index in [1.165, 1.54) is 18.5 Å². The first-order valence-corrected chi connectivity index (χ1v) is 12.2. The van der Waals surface area contributed by atoms with Crippen molar-refractivity contribution in [3.63, 3.8) is 0 Å². The number of alkyl halides is 6. The minimum atomic E-state index is -5.97. The van der Waals surface area contributed by atoms with Crippen molar-refractivity contribution in [2.45, 2.75) is 43.1 Å². The van der Waals surface area contributed by atoms with Crippen LogP contribution >= 0.6 is 46.1 Å². The molecular weight excluding hydrogens is 589 g/mol. The first-order valence-electron chi connectivity index (χ1n) is 10.2. The van der Waals surface area contributed by atoms with E-state index in [2.05, 4.69) is 10.4 Å². The van der Waals surface area contributed by atoms with Gasteiger partial charge in [-0.05, 0) is 31.0 Å². The van der Waals surface area contributed by atoms with Gasteiger partial charge in [-0.2, -0.15) is 23.5 Å². The predicted octanol–water partition coefficient (Wildman–Crippen LogP) is 7.73. The van der Waals surface area contributed by atoms with Crippen molar-refractivity contribution < 1.29 is 31.1 Å². The summed E-state index contributed by atoms with van der Waals surface area (Å²) in [6.07, 6.45) is -2.24. The van der Waals surface area contributed by atoms with E-state index in [9.17, 15) is 31.1 Å². The highest BCUT2D eigenvalue weighted by atomic mass is 35.5. The van der Waals surface area contributed by atoms with Crippen LogP contribution in [0.25, 0.3) is 16.1 Å². The number of hydrogen-bond acceptors (Lipinski definition) is 4. The highest BCUT2D eigenvalue weighted by molar-refractivity contribution is 7.19. The number of nitrogens with one attached hydrogen (secondary N) is 1. The van der Waals surface area contributed by atoms with Gasteiger partial charge >= 0.3 is 6.18 Å². The maximum Gasteiger partial charge on any atom is 0.432 e. The Morgan fingerprint density at radius 3 is 2.22 bits per heavy atom. The van der Waals surface area contributed by atoms with Gasteiger partial charge in [0.1, 0.15) is 15.6 Å². The Bertz CT molecular complexity index is 1400. The van der Waals surface area contributed by atoms with E-state index in [4.69, 9.17) is 40.1 Å². The molecule has 0 saturated heterocycles. The fraction of sp³-hybridized carbons (Fsp3) is 0.318. The number of rotatable bonds is 6. The number of nitriles is 1. The lowest BCUT2D eigenvalue weighted by Gasteiger charge is -2.33. The number of benzene rings is 1. The van der Waals surface area contributed by atoms with Gasteiger partial charge in [-0.3, -0.25) is 4.79 Å². The third-order valence-corrected chi connectivity index (χ3v) is 7.74. The molecule has 4 rings (SSSR count). The molecule has 0 aliphatic heterocycles. The molecule has 1 unspecified atom stereocenters. The molecule has 0 bridgehead atoms. The van der Waals surface area contributed by atoms with Gasteiger partial charge in [-0.15, -0.1) is 11.3 Å². The van der Waals surface area contributed by atoms with Crippen LogP contribution in [0, 0.1) is 11.3 Å². The summed E-state index contributed by atoms with van der Waals surface area (Å²) in [5.41, 5.74) is -7.08. The third-order valence-electron chi connectivity index (χ3n) is 5.75. The fourth-order valence-corrected chi connectivity index (χ4v) is 5.47. The quantitative estimate of drug-likeness (QED) is 0.294. The molecule has 0 spiro atoms. The number of carbonyl (C=O) groups is 1. The molecule has 1 aromatic carbocycles. The summed E-state index contributed by atoms with van der Waals surface area (Å²) in [7, 11) is 0. The molecular formula is C22H13Cl3F6N4OS.